The van der Waals surface area contributed by atoms with E-state index in [4.69, 9.17) is 9.98 Å². The van der Waals surface area contributed by atoms with Gasteiger partial charge >= 0.3 is 0 Å². The van der Waals surface area contributed by atoms with Gasteiger partial charge in [0, 0.05) is 24.6 Å². The van der Waals surface area contributed by atoms with E-state index in [1.807, 2.05) is 12.3 Å². The van der Waals surface area contributed by atoms with Crippen molar-refractivity contribution >= 4 is 28.9 Å². The molecule has 3 aromatic rings. The third-order valence-electron chi connectivity index (χ3n) is 7.96. The molecule has 0 unspecified atom stereocenters. The highest BCUT2D eigenvalue weighted by Crippen LogP contribution is 2.35. The molecule has 0 bridgehead atoms. The molecule has 210 valence electrons. The summed E-state index contributed by atoms with van der Waals surface area (Å²) in [4.78, 5) is 9.91. The predicted octanol–water partition coefficient (Wildman–Crippen LogP) is 11.1. The average Bonchev–Trinajstić information content (AvgIpc) is 3.48. The average molecular weight is 549 g/mol. The summed E-state index contributed by atoms with van der Waals surface area (Å²) in [6, 6.07) is 23.7. The predicted molar refractivity (Wildman–Crippen MR) is 183 cm³/mol. The van der Waals surface area contributed by atoms with Crippen molar-refractivity contribution in [1.82, 2.24) is 0 Å². The molecule has 0 saturated carbocycles. The molecule has 0 amide bonds. The number of fused-ring (bicyclic) bond motifs is 1. The monoisotopic (exact) mass is 548 g/mol. The summed E-state index contributed by atoms with van der Waals surface area (Å²) < 4.78 is 0. The van der Waals surface area contributed by atoms with Gasteiger partial charge in [0.25, 0.3) is 0 Å². The van der Waals surface area contributed by atoms with E-state index >= 15 is 0 Å². The maximum absolute atomic E-state index is 5.06. The van der Waals surface area contributed by atoms with E-state index in [9.17, 15) is 0 Å². The van der Waals surface area contributed by atoms with E-state index in [0.29, 0.717) is 0 Å². The van der Waals surface area contributed by atoms with Gasteiger partial charge in [-0.2, -0.15) is 0 Å². The van der Waals surface area contributed by atoms with Crippen molar-refractivity contribution < 1.29 is 0 Å². The molecule has 2 aliphatic rings. The van der Waals surface area contributed by atoms with Gasteiger partial charge in [0.05, 0.1) is 17.1 Å². The summed E-state index contributed by atoms with van der Waals surface area (Å²) in [6.07, 6.45) is 20.7. The van der Waals surface area contributed by atoms with Gasteiger partial charge in [0.1, 0.15) is 0 Å². The molecule has 2 nitrogen and oxygen atoms in total. The molecule has 0 saturated heterocycles. The minimum absolute atomic E-state index is 0.726. The molecule has 0 aromatic heterocycles. The lowest BCUT2D eigenvalue weighted by atomic mass is 9.93. The van der Waals surface area contributed by atoms with Crippen LogP contribution in [0.3, 0.4) is 0 Å². The molecule has 42 heavy (non-hydrogen) atoms. The Kier molecular flexibility index (Phi) is 9.56. The SMILES string of the molecule is C=C/C(C(=C)CC)=C(/C=C\CC=Nc1ccc(C2=CCCC=C2)cc1CC)C1=Nc2ccc(-c3ccccc3)cc2C1. The van der Waals surface area contributed by atoms with Crippen LogP contribution >= 0.6 is 0 Å². The standard InChI is InChI=1S/C40H40N2/c1-5-29(4)36(7-3)37(40-28-35-27-34(22-24-39(35)42-40)32-18-12-9-13-19-32)20-14-15-25-41-38-23-21-33(26-30(38)6-2)31-16-10-8-11-17-31/h7,9-10,12-14,16-27H,3-6,8,11,15,28H2,1-2H3/b20-14-,37-36+,41-25?. The number of hydrogen-bond donors (Lipinski definition) is 0. The summed E-state index contributed by atoms with van der Waals surface area (Å²) in [5.41, 5.74) is 13.9. The zero-order valence-corrected chi connectivity index (χ0v) is 24.9. The van der Waals surface area contributed by atoms with Crippen LogP contribution in [0.2, 0.25) is 0 Å². The molecule has 5 rings (SSSR count). The van der Waals surface area contributed by atoms with Crippen molar-refractivity contribution in [1.29, 1.82) is 0 Å². The molecule has 0 spiro atoms. The van der Waals surface area contributed by atoms with Crippen LogP contribution in [0, 0.1) is 0 Å². The van der Waals surface area contributed by atoms with Crippen LogP contribution in [-0.4, -0.2) is 11.9 Å². The van der Waals surface area contributed by atoms with Crippen molar-refractivity contribution in [3.63, 3.8) is 0 Å². The van der Waals surface area contributed by atoms with Crippen molar-refractivity contribution in [3.8, 4) is 11.1 Å². The maximum atomic E-state index is 5.06. The van der Waals surface area contributed by atoms with Gasteiger partial charge in [-0.25, -0.2) is 0 Å². The summed E-state index contributed by atoms with van der Waals surface area (Å²) in [5.74, 6) is 0. The van der Waals surface area contributed by atoms with Crippen molar-refractivity contribution in [3.05, 3.63) is 150 Å². The summed E-state index contributed by atoms with van der Waals surface area (Å²) in [7, 11) is 0. The van der Waals surface area contributed by atoms with E-state index in [0.717, 1.165) is 72.3 Å². The first-order chi connectivity index (χ1) is 20.6. The van der Waals surface area contributed by atoms with Crippen LogP contribution in [0.25, 0.3) is 16.7 Å². The molecule has 2 heteroatoms. The molecular formula is C40H40N2. The molecule has 1 heterocycles. The smallest absolute Gasteiger partial charge is 0.0669 e. The second kappa shape index (κ2) is 13.9. The van der Waals surface area contributed by atoms with Crippen molar-refractivity contribution in [2.45, 2.75) is 52.4 Å². The first kappa shape index (κ1) is 29.0. The summed E-state index contributed by atoms with van der Waals surface area (Å²) in [5, 5.41) is 0. The Labute approximate surface area is 251 Å². The van der Waals surface area contributed by atoms with Gasteiger partial charge in [-0.1, -0.05) is 106 Å². The highest BCUT2D eigenvalue weighted by atomic mass is 14.8. The Bertz CT molecular complexity index is 1650. The number of aryl methyl sites for hydroxylation is 1. The van der Waals surface area contributed by atoms with Crippen LogP contribution in [0.1, 0.15) is 56.2 Å². The molecule has 0 N–H and O–H groups in total. The molecular weight excluding hydrogens is 508 g/mol. The fraction of sp³-hybridized carbons (Fsp3) is 0.200. The minimum Gasteiger partial charge on any atom is -0.261 e. The number of rotatable bonds is 11. The third kappa shape index (κ3) is 6.66. The van der Waals surface area contributed by atoms with Crippen LogP contribution in [0.15, 0.2) is 143 Å². The first-order valence-electron chi connectivity index (χ1n) is 15.1. The summed E-state index contributed by atoms with van der Waals surface area (Å²) in [6.45, 7) is 12.8. The lowest BCUT2D eigenvalue weighted by molar-refractivity contribution is 1.04. The third-order valence-corrected chi connectivity index (χ3v) is 7.96. The molecule has 3 aromatic carbocycles. The number of aliphatic imine (C=N–C) groups is 2. The lowest BCUT2D eigenvalue weighted by Crippen LogP contribution is -2.05. The molecule has 1 aliphatic carbocycles. The minimum atomic E-state index is 0.726. The van der Waals surface area contributed by atoms with Crippen LogP contribution in [-0.2, 0) is 12.8 Å². The largest absolute Gasteiger partial charge is 0.261 e. The Morgan fingerprint density at radius 2 is 1.79 bits per heavy atom. The van der Waals surface area contributed by atoms with Gasteiger partial charge in [-0.3, -0.25) is 9.98 Å². The van der Waals surface area contributed by atoms with E-state index in [-0.39, 0.29) is 0 Å². The van der Waals surface area contributed by atoms with Crippen molar-refractivity contribution in [2.75, 3.05) is 0 Å². The zero-order valence-electron chi connectivity index (χ0n) is 24.9. The van der Waals surface area contributed by atoms with Gasteiger partial charge in [-0.05, 0) is 94.5 Å². The van der Waals surface area contributed by atoms with Gasteiger partial charge in [0.15, 0.2) is 0 Å². The van der Waals surface area contributed by atoms with Crippen LogP contribution < -0.4 is 0 Å². The normalized spacial score (nSPS) is 15.0. The second-order valence-corrected chi connectivity index (χ2v) is 10.7. The van der Waals surface area contributed by atoms with Gasteiger partial charge in [0.2, 0.25) is 0 Å². The lowest BCUT2D eigenvalue weighted by Gasteiger charge is -2.11. The number of hydrogen-bond acceptors (Lipinski definition) is 2. The second-order valence-electron chi connectivity index (χ2n) is 10.7. The highest BCUT2D eigenvalue weighted by Gasteiger charge is 2.20. The Morgan fingerprint density at radius 3 is 2.52 bits per heavy atom. The fourth-order valence-corrected chi connectivity index (χ4v) is 5.54. The Balaban J connectivity index is 1.34. The molecule has 0 fully saturated rings. The molecule has 0 atom stereocenters. The van der Waals surface area contributed by atoms with Crippen LogP contribution in [0.4, 0.5) is 11.4 Å². The fourth-order valence-electron chi connectivity index (χ4n) is 5.54. The van der Waals surface area contributed by atoms with Gasteiger partial charge in [-0.15, -0.1) is 0 Å². The molecule has 0 radical (unpaired) electrons. The quantitative estimate of drug-likeness (QED) is 0.168. The van der Waals surface area contributed by atoms with E-state index in [1.54, 1.807) is 0 Å². The first-order valence-corrected chi connectivity index (χ1v) is 15.1. The highest BCUT2D eigenvalue weighted by molar-refractivity contribution is 6.09. The number of allylic oxidation sites excluding steroid dienone is 10. The number of nitrogens with zero attached hydrogens (tertiary/aromatic N) is 2. The topological polar surface area (TPSA) is 24.7 Å². The van der Waals surface area contributed by atoms with Crippen LogP contribution in [0.5, 0.6) is 0 Å². The van der Waals surface area contributed by atoms with Gasteiger partial charge < -0.3 is 0 Å². The van der Waals surface area contributed by atoms with E-state index in [2.05, 4.69) is 124 Å². The van der Waals surface area contributed by atoms with Crippen molar-refractivity contribution in [2.24, 2.45) is 9.98 Å². The maximum Gasteiger partial charge on any atom is 0.0669 e. The van der Waals surface area contributed by atoms with E-state index in [1.165, 1.54) is 33.4 Å². The molecule has 1 aliphatic heterocycles. The Morgan fingerprint density at radius 1 is 0.952 bits per heavy atom. The number of benzene rings is 3. The van der Waals surface area contributed by atoms with E-state index < -0.39 is 0 Å². The Hall–Kier alpha value is -4.56. The zero-order chi connectivity index (χ0) is 29.3. The summed E-state index contributed by atoms with van der Waals surface area (Å²) >= 11 is 0.